The topological polar surface area (TPSA) is 30.1 Å². The predicted octanol–water partition coefficient (Wildman–Crippen LogP) is 15.4. The minimum absolute atomic E-state index is 0.0133. The summed E-state index contributed by atoms with van der Waals surface area (Å²) in [5.74, 6) is 0. The SMILES string of the molecule is CC(C)(C)c1ccc(Nc2cc3c(cc2-c2c4c5c(c6cc(C(C)(C)C)ccc6n5-c5cc6oc7ccccc7c6cc5[B]4)c4sc5ccccc5c24)sc2ccccc23)cc1. The number of hydrogen-bond donors (Lipinski definition) is 1. The van der Waals surface area contributed by atoms with Crippen molar-refractivity contribution in [3.05, 3.63) is 151 Å². The van der Waals surface area contributed by atoms with E-state index in [1.165, 1.54) is 95.3 Å². The van der Waals surface area contributed by atoms with Crippen molar-refractivity contribution in [2.45, 2.75) is 52.4 Å². The van der Waals surface area contributed by atoms with Crippen LogP contribution in [0.1, 0.15) is 52.7 Å². The van der Waals surface area contributed by atoms with Crippen LogP contribution in [0.15, 0.2) is 144 Å². The first-order chi connectivity index (χ1) is 30.0. The number of aromatic nitrogens is 1. The van der Waals surface area contributed by atoms with Gasteiger partial charge >= 0.3 is 0 Å². The molecular formula is C56H42BN2OS2. The van der Waals surface area contributed by atoms with Crippen molar-refractivity contribution in [1.29, 1.82) is 0 Å². The largest absolute Gasteiger partial charge is 0.456 e. The van der Waals surface area contributed by atoms with Crippen molar-refractivity contribution in [2.75, 3.05) is 5.32 Å². The van der Waals surface area contributed by atoms with E-state index in [1.807, 2.05) is 22.7 Å². The molecule has 297 valence electrons. The zero-order valence-corrected chi connectivity index (χ0v) is 37.2. The molecule has 0 amide bonds. The number of hydrogen-bond acceptors (Lipinski definition) is 4. The predicted molar refractivity (Wildman–Crippen MR) is 271 cm³/mol. The zero-order chi connectivity index (χ0) is 41.8. The van der Waals surface area contributed by atoms with E-state index in [4.69, 9.17) is 4.42 Å². The minimum atomic E-state index is -0.0133. The lowest BCUT2D eigenvalue weighted by Gasteiger charge is -2.25. The smallest absolute Gasteiger partial charge is 0.197 e. The summed E-state index contributed by atoms with van der Waals surface area (Å²) in [6.07, 6.45) is 0. The van der Waals surface area contributed by atoms with Crippen molar-refractivity contribution in [3.8, 4) is 16.8 Å². The van der Waals surface area contributed by atoms with Gasteiger partial charge in [-0.3, -0.25) is 0 Å². The first kappa shape index (κ1) is 36.3. The van der Waals surface area contributed by atoms with Crippen LogP contribution in [0.5, 0.6) is 0 Å². The van der Waals surface area contributed by atoms with E-state index < -0.39 is 0 Å². The Morgan fingerprint density at radius 2 is 1.24 bits per heavy atom. The van der Waals surface area contributed by atoms with E-state index in [1.54, 1.807) is 0 Å². The highest BCUT2D eigenvalue weighted by atomic mass is 32.1. The molecule has 1 N–H and O–H groups in total. The molecule has 0 aliphatic carbocycles. The quantitative estimate of drug-likeness (QED) is 0.180. The van der Waals surface area contributed by atoms with E-state index in [-0.39, 0.29) is 10.8 Å². The van der Waals surface area contributed by atoms with E-state index in [0.29, 0.717) is 0 Å². The van der Waals surface area contributed by atoms with Crippen LogP contribution < -0.4 is 16.2 Å². The highest BCUT2D eigenvalue weighted by Crippen LogP contribution is 2.51. The number of anilines is 2. The maximum absolute atomic E-state index is 6.59. The molecule has 6 heteroatoms. The molecule has 1 radical (unpaired) electrons. The highest BCUT2D eigenvalue weighted by molar-refractivity contribution is 7.27. The Labute approximate surface area is 368 Å². The summed E-state index contributed by atoms with van der Waals surface area (Å²) in [5, 5.41) is 14.1. The third-order valence-electron chi connectivity index (χ3n) is 13.3. The number of nitrogens with one attached hydrogen (secondary N) is 1. The number of para-hydroxylation sites is 1. The Bertz CT molecular complexity index is 3880. The zero-order valence-electron chi connectivity index (χ0n) is 35.5. The lowest BCUT2D eigenvalue weighted by Crippen LogP contribution is -2.37. The molecule has 4 aromatic heterocycles. The van der Waals surface area contributed by atoms with Gasteiger partial charge in [0.25, 0.3) is 0 Å². The van der Waals surface area contributed by atoms with Gasteiger partial charge in [-0.1, -0.05) is 126 Å². The van der Waals surface area contributed by atoms with Crippen molar-refractivity contribution in [1.82, 2.24) is 4.57 Å². The number of nitrogens with zero attached hydrogens (tertiary/aromatic N) is 1. The van der Waals surface area contributed by atoms with Gasteiger partial charge < -0.3 is 14.3 Å². The monoisotopic (exact) mass is 833 g/mol. The first-order valence-electron chi connectivity index (χ1n) is 21.6. The van der Waals surface area contributed by atoms with Gasteiger partial charge in [0.2, 0.25) is 0 Å². The second-order valence-electron chi connectivity index (χ2n) is 19.2. The molecule has 0 spiro atoms. The Hall–Kier alpha value is -6.34. The van der Waals surface area contributed by atoms with E-state index in [0.717, 1.165) is 39.0 Å². The van der Waals surface area contributed by atoms with Crippen molar-refractivity contribution in [2.24, 2.45) is 0 Å². The van der Waals surface area contributed by atoms with E-state index in [9.17, 15) is 0 Å². The fourth-order valence-corrected chi connectivity index (χ4v) is 12.6. The average Bonchev–Trinajstić information content (AvgIpc) is 4.02. The van der Waals surface area contributed by atoms with Gasteiger partial charge in [-0.25, -0.2) is 0 Å². The second kappa shape index (κ2) is 12.6. The van der Waals surface area contributed by atoms with Crippen LogP contribution in [-0.2, 0) is 10.8 Å². The molecule has 12 aromatic rings. The molecule has 0 atom stereocenters. The summed E-state index contributed by atoms with van der Waals surface area (Å²) in [5.41, 5.74) is 15.2. The molecule has 0 fully saturated rings. The van der Waals surface area contributed by atoms with E-state index in [2.05, 4.69) is 198 Å². The van der Waals surface area contributed by atoms with Crippen molar-refractivity contribution in [3.63, 3.8) is 0 Å². The maximum Gasteiger partial charge on any atom is 0.197 e. The molecule has 1 aliphatic heterocycles. The number of rotatable bonds is 3. The van der Waals surface area contributed by atoms with Gasteiger partial charge in [-0.2, -0.15) is 0 Å². The Balaban J connectivity index is 1.20. The van der Waals surface area contributed by atoms with Gasteiger partial charge in [-0.15, -0.1) is 22.7 Å². The molecule has 0 unspecified atom stereocenters. The average molecular weight is 834 g/mol. The summed E-state index contributed by atoms with van der Waals surface area (Å²) < 4.78 is 14.4. The summed E-state index contributed by atoms with van der Waals surface area (Å²) >= 11 is 3.81. The number of thiophene rings is 2. The third-order valence-corrected chi connectivity index (χ3v) is 15.6. The molecule has 8 aromatic carbocycles. The molecule has 5 heterocycles. The molecule has 13 rings (SSSR count). The number of furan rings is 1. The molecule has 0 saturated heterocycles. The van der Waals surface area contributed by atoms with Crippen LogP contribution in [0.4, 0.5) is 11.4 Å². The molecule has 0 bridgehead atoms. The van der Waals surface area contributed by atoms with E-state index >= 15 is 0 Å². The van der Waals surface area contributed by atoms with Crippen LogP contribution in [-0.4, -0.2) is 11.8 Å². The van der Waals surface area contributed by atoms with Gasteiger partial charge in [0.1, 0.15) is 11.2 Å². The summed E-state index contributed by atoms with van der Waals surface area (Å²) in [6, 6.07) is 52.1. The second-order valence-corrected chi connectivity index (χ2v) is 21.4. The Kier molecular flexibility index (Phi) is 7.40. The van der Waals surface area contributed by atoms with Gasteiger partial charge in [0.05, 0.1) is 11.0 Å². The van der Waals surface area contributed by atoms with Crippen molar-refractivity contribution >= 4 is 136 Å². The number of benzene rings is 8. The van der Waals surface area contributed by atoms with Crippen molar-refractivity contribution < 1.29 is 4.42 Å². The minimum Gasteiger partial charge on any atom is -0.456 e. The van der Waals surface area contributed by atoms with Crippen LogP contribution in [0.2, 0.25) is 0 Å². The van der Waals surface area contributed by atoms with Gasteiger partial charge in [0, 0.05) is 90.6 Å². The lowest BCUT2D eigenvalue weighted by molar-refractivity contribution is 0.590. The normalized spacial score (nSPS) is 13.1. The summed E-state index contributed by atoms with van der Waals surface area (Å²) in [6.45, 7) is 13.8. The molecule has 3 nitrogen and oxygen atoms in total. The highest BCUT2D eigenvalue weighted by Gasteiger charge is 2.32. The van der Waals surface area contributed by atoms with Gasteiger partial charge in [0.15, 0.2) is 7.28 Å². The molecule has 1 aliphatic rings. The maximum atomic E-state index is 6.59. The Morgan fingerprint density at radius 3 is 2.02 bits per heavy atom. The summed E-state index contributed by atoms with van der Waals surface area (Å²) in [4.78, 5) is 0. The van der Waals surface area contributed by atoms with Crippen LogP contribution in [0.25, 0.3) is 101 Å². The fraction of sp³-hybridized carbons (Fsp3) is 0.143. The molecule has 62 heavy (non-hydrogen) atoms. The standard InChI is InChI=1S/C56H42BN2OS2/c1-55(2,3)30-19-22-32(23-20-30)58-41-27-37-34-14-8-11-17-46(34)61-48(37)28-38(41)49-50-35-15-9-12-18-47(35)62-54(50)51-39-25-31(56(4,5)6)21-24-42(39)59-43-29-45-36(26-40(43)57-52(49)53(51)59)33-13-7-10-16-44(33)60-45/h7-29,58H,1-6H3. The fourth-order valence-electron chi connectivity index (χ4n) is 10.2. The lowest BCUT2D eigenvalue weighted by atomic mass is 9.58. The first-order valence-corrected chi connectivity index (χ1v) is 23.2. The molecular weight excluding hydrogens is 792 g/mol. The summed E-state index contributed by atoms with van der Waals surface area (Å²) in [7, 11) is 2.49. The van der Waals surface area contributed by atoms with Crippen LogP contribution in [0.3, 0.4) is 0 Å². The Morgan fingerprint density at radius 1 is 0.548 bits per heavy atom. The number of fused-ring (bicyclic) bond motifs is 15. The third kappa shape index (κ3) is 5.17. The molecule has 0 saturated carbocycles. The van der Waals surface area contributed by atoms with Crippen LogP contribution >= 0.6 is 22.7 Å². The van der Waals surface area contributed by atoms with Gasteiger partial charge in [-0.05, 0) is 87.6 Å². The van der Waals surface area contributed by atoms with Crippen LogP contribution in [0, 0.1) is 0 Å².